The number of ether oxygens (including phenoxy) is 1. The number of nitrogens with zero attached hydrogens (tertiary/aromatic N) is 2. The molecule has 1 heterocycles. The molecule has 2 aliphatic carbocycles. The largest absolute Gasteiger partial charge is 0.494 e. The van der Waals surface area contributed by atoms with Crippen molar-refractivity contribution in [3.8, 4) is 5.75 Å². The van der Waals surface area contributed by atoms with Crippen molar-refractivity contribution in [2.75, 3.05) is 18.6 Å². The summed E-state index contributed by atoms with van der Waals surface area (Å²) in [4.78, 5) is 32.4. The number of pyridine rings is 1. The van der Waals surface area contributed by atoms with Crippen molar-refractivity contribution >= 4 is 44.5 Å². The quantitative estimate of drug-likeness (QED) is 0.383. The van der Waals surface area contributed by atoms with Crippen LogP contribution in [0.1, 0.15) is 29.8 Å². The predicted molar refractivity (Wildman–Crippen MR) is 140 cm³/mol. The zero-order valence-electron chi connectivity index (χ0n) is 20.1. The van der Waals surface area contributed by atoms with Crippen LogP contribution in [-0.2, 0) is 14.6 Å². The molecule has 1 amide bonds. The zero-order chi connectivity index (χ0) is 26.4. The summed E-state index contributed by atoms with van der Waals surface area (Å²) < 4.78 is 30.2. The highest BCUT2D eigenvalue weighted by Crippen LogP contribution is 2.54. The van der Waals surface area contributed by atoms with Gasteiger partial charge in [-0.05, 0) is 61.6 Å². The van der Waals surface area contributed by atoms with Crippen LogP contribution >= 0.6 is 11.6 Å². The standard InChI is InChI=1S/C27H26ClN3O5S/c1-36-23-13-20(31(16-17-7-8-17)19-11-9-18(28)10-12-19)15-30-24(23)25(32)22-14-27(22,26(29)33)37(34,35)21-5-3-2-4-6-21/h2-6,9-13,15,17,22H,7-8,14,16H2,1H3,(H2,29,33). The first-order chi connectivity index (χ1) is 17.7. The Morgan fingerprint density at radius 3 is 2.38 bits per heavy atom. The van der Waals surface area contributed by atoms with Crippen molar-refractivity contribution in [1.82, 2.24) is 4.98 Å². The fourth-order valence-corrected chi connectivity index (χ4v) is 6.88. The number of hydrogen-bond acceptors (Lipinski definition) is 7. The second-order valence-corrected chi connectivity index (χ2v) is 12.1. The second kappa shape index (κ2) is 9.46. The van der Waals surface area contributed by atoms with Crippen LogP contribution in [0, 0.1) is 11.8 Å². The van der Waals surface area contributed by atoms with E-state index in [1.165, 1.54) is 19.2 Å². The van der Waals surface area contributed by atoms with Crippen molar-refractivity contribution in [3.63, 3.8) is 0 Å². The minimum atomic E-state index is -4.20. The highest BCUT2D eigenvalue weighted by Gasteiger charge is 2.71. The lowest BCUT2D eigenvalue weighted by atomic mass is 10.1. The number of nitrogens with two attached hydrogens (primary N) is 1. The molecule has 2 N–H and O–H groups in total. The Labute approximate surface area is 220 Å². The van der Waals surface area contributed by atoms with E-state index in [9.17, 15) is 18.0 Å². The van der Waals surface area contributed by atoms with E-state index in [4.69, 9.17) is 22.1 Å². The molecule has 2 aliphatic rings. The van der Waals surface area contributed by atoms with E-state index in [0.29, 0.717) is 10.9 Å². The Balaban J connectivity index is 1.48. The first-order valence-corrected chi connectivity index (χ1v) is 13.8. The smallest absolute Gasteiger partial charge is 0.240 e. The van der Waals surface area contributed by atoms with Gasteiger partial charge < -0.3 is 15.4 Å². The highest BCUT2D eigenvalue weighted by molar-refractivity contribution is 7.94. The number of anilines is 2. The van der Waals surface area contributed by atoms with Gasteiger partial charge in [0, 0.05) is 23.3 Å². The number of methoxy groups -OCH3 is 1. The van der Waals surface area contributed by atoms with Gasteiger partial charge in [0.1, 0.15) is 11.4 Å². The lowest BCUT2D eigenvalue weighted by molar-refractivity contribution is -0.118. The summed E-state index contributed by atoms with van der Waals surface area (Å²) >= 11 is 6.07. The normalized spacial score (nSPS) is 20.8. The van der Waals surface area contributed by atoms with Gasteiger partial charge in [-0.25, -0.2) is 13.4 Å². The maximum atomic E-state index is 13.5. The molecule has 2 atom stereocenters. The molecule has 1 aromatic heterocycles. The van der Waals surface area contributed by atoms with E-state index in [-0.39, 0.29) is 22.8 Å². The molecule has 192 valence electrons. The fraction of sp³-hybridized carbons (Fsp3) is 0.296. The van der Waals surface area contributed by atoms with E-state index < -0.39 is 32.2 Å². The number of sulfone groups is 1. The van der Waals surface area contributed by atoms with Gasteiger partial charge in [0.05, 0.1) is 29.8 Å². The lowest BCUT2D eigenvalue weighted by Crippen LogP contribution is -2.41. The Bertz CT molecular complexity index is 1460. The number of rotatable bonds is 10. The SMILES string of the molecule is COc1cc(N(CC2CC2)c2ccc(Cl)cc2)cnc1C(=O)C1CC1(C(N)=O)S(=O)(=O)c1ccccc1. The summed E-state index contributed by atoms with van der Waals surface area (Å²) in [5.41, 5.74) is 7.19. The Morgan fingerprint density at radius 1 is 1.11 bits per heavy atom. The van der Waals surface area contributed by atoms with Crippen LogP contribution in [0.25, 0.3) is 0 Å². The van der Waals surface area contributed by atoms with Crippen LogP contribution in [0.5, 0.6) is 5.75 Å². The fourth-order valence-electron chi connectivity index (χ4n) is 4.69. The molecule has 2 fully saturated rings. The number of aromatic nitrogens is 1. The first kappa shape index (κ1) is 25.2. The highest BCUT2D eigenvalue weighted by atomic mass is 35.5. The molecular formula is C27H26ClN3O5S. The van der Waals surface area contributed by atoms with E-state index >= 15 is 0 Å². The maximum Gasteiger partial charge on any atom is 0.240 e. The second-order valence-electron chi connectivity index (χ2n) is 9.47. The van der Waals surface area contributed by atoms with Crippen LogP contribution in [-0.4, -0.2) is 43.5 Å². The molecule has 0 saturated heterocycles. The summed E-state index contributed by atoms with van der Waals surface area (Å²) in [5.74, 6) is -2.06. The molecule has 37 heavy (non-hydrogen) atoms. The third-order valence-electron chi connectivity index (χ3n) is 7.06. The van der Waals surface area contributed by atoms with Gasteiger partial charge in [-0.3, -0.25) is 9.59 Å². The third kappa shape index (κ3) is 4.46. The number of Topliss-reactive ketones (excluding diaryl/α,β-unsaturated/α-hetero) is 1. The molecule has 2 saturated carbocycles. The monoisotopic (exact) mass is 539 g/mol. The average Bonchev–Trinajstić information content (AvgIpc) is 3.82. The van der Waals surface area contributed by atoms with E-state index in [1.54, 1.807) is 30.5 Å². The number of halogens is 1. The van der Waals surface area contributed by atoms with Gasteiger partial charge in [0.15, 0.2) is 20.4 Å². The number of hydrogen-bond donors (Lipinski definition) is 1. The van der Waals surface area contributed by atoms with Crippen LogP contribution in [0.2, 0.25) is 5.02 Å². The summed E-state index contributed by atoms with van der Waals surface area (Å²) in [6.07, 6.45) is 3.63. The van der Waals surface area contributed by atoms with Gasteiger partial charge in [-0.1, -0.05) is 29.8 Å². The number of benzene rings is 2. The van der Waals surface area contributed by atoms with Gasteiger partial charge in [-0.15, -0.1) is 0 Å². The van der Waals surface area contributed by atoms with Crippen molar-refractivity contribution in [3.05, 3.63) is 77.6 Å². The molecule has 0 radical (unpaired) electrons. The first-order valence-electron chi connectivity index (χ1n) is 11.9. The van der Waals surface area contributed by atoms with Gasteiger partial charge in [0.25, 0.3) is 0 Å². The topological polar surface area (TPSA) is 120 Å². The molecule has 0 aliphatic heterocycles. The van der Waals surface area contributed by atoms with Crippen molar-refractivity contribution in [1.29, 1.82) is 0 Å². The Hall–Kier alpha value is -3.43. The third-order valence-corrected chi connectivity index (χ3v) is 9.81. The number of carbonyl (C=O) groups is 2. The summed E-state index contributed by atoms with van der Waals surface area (Å²) in [7, 11) is -2.78. The van der Waals surface area contributed by atoms with Gasteiger partial charge in [0.2, 0.25) is 5.91 Å². The van der Waals surface area contributed by atoms with Crippen molar-refractivity contribution in [2.45, 2.75) is 28.9 Å². The molecule has 5 rings (SSSR count). The summed E-state index contributed by atoms with van der Waals surface area (Å²) in [5, 5.41) is 0.625. The van der Waals surface area contributed by atoms with Gasteiger partial charge >= 0.3 is 0 Å². The summed E-state index contributed by atoms with van der Waals surface area (Å²) in [6, 6.07) is 16.7. The maximum absolute atomic E-state index is 13.5. The van der Waals surface area contributed by atoms with Crippen LogP contribution in [0.3, 0.4) is 0 Å². The van der Waals surface area contributed by atoms with Gasteiger partial charge in [-0.2, -0.15) is 0 Å². The number of amides is 1. The molecule has 8 nitrogen and oxygen atoms in total. The molecule has 2 unspecified atom stereocenters. The minimum absolute atomic E-state index is 0.0369. The molecule has 0 spiro atoms. The lowest BCUT2D eigenvalue weighted by Gasteiger charge is -2.25. The number of carbonyl (C=O) groups excluding carboxylic acids is 2. The van der Waals surface area contributed by atoms with E-state index in [0.717, 1.165) is 30.8 Å². The molecule has 10 heteroatoms. The van der Waals surface area contributed by atoms with E-state index in [1.807, 2.05) is 24.3 Å². The van der Waals surface area contributed by atoms with Crippen LogP contribution in [0.15, 0.2) is 71.8 Å². The molecule has 0 bridgehead atoms. The number of ketones is 1. The van der Waals surface area contributed by atoms with Crippen LogP contribution in [0.4, 0.5) is 11.4 Å². The summed E-state index contributed by atoms with van der Waals surface area (Å²) in [6.45, 7) is 0.766. The Morgan fingerprint density at radius 2 is 1.78 bits per heavy atom. The van der Waals surface area contributed by atoms with Crippen molar-refractivity contribution in [2.24, 2.45) is 17.6 Å². The van der Waals surface area contributed by atoms with Crippen molar-refractivity contribution < 1.29 is 22.7 Å². The van der Waals surface area contributed by atoms with Crippen LogP contribution < -0.4 is 15.4 Å². The molecule has 2 aromatic carbocycles. The number of primary amides is 1. The molecular weight excluding hydrogens is 514 g/mol. The molecule has 3 aromatic rings. The van der Waals surface area contributed by atoms with E-state index in [2.05, 4.69) is 9.88 Å². The zero-order valence-corrected chi connectivity index (χ0v) is 21.7. The average molecular weight is 540 g/mol. The predicted octanol–water partition coefficient (Wildman–Crippen LogP) is 4.19. The Kier molecular flexibility index (Phi) is 6.45. The minimum Gasteiger partial charge on any atom is -0.494 e.